The Labute approximate surface area is 68.0 Å². The van der Waals surface area contributed by atoms with Crippen molar-refractivity contribution >= 4 is 5.78 Å². The summed E-state index contributed by atoms with van der Waals surface area (Å²) in [4.78, 5) is 11.0. The summed E-state index contributed by atoms with van der Waals surface area (Å²) in [5, 5.41) is 0. The molecular weight excluding hydrogens is 143 g/mol. The number of rotatable bonds is 5. The van der Waals surface area contributed by atoms with Gasteiger partial charge in [0.2, 0.25) is 0 Å². The minimum Gasteiger partial charge on any atom is -0.300 e. The average molecular weight is 160 g/mol. The van der Waals surface area contributed by atoms with Crippen LogP contribution in [0.4, 0.5) is 4.39 Å². The lowest BCUT2D eigenvalue weighted by molar-refractivity contribution is -0.120. The van der Waals surface area contributed by atoms with E-state index in [1.165, 1.54) is 6.92 Å². The highest BCUT2D eigenvalue weighted by molar-refractivity contribution is 5.78. The Morgan fingerprint density at radius 1 is 1.36 bits per heavy atom. The second-order valence-electron chi connectivity index (χ2n) is 3.46. The highest BCUT2D eigenvalue weighted by Gasteiger charge is 2.06. The zero-order valence-corrected chi connectivity index (χ0v) is 7.56. The quantitative estimate of drug-likeness (QED) is 0.604. The third-order valence-corrected chi connectivity index (χ3v) is 1.46. The van der Waals surface area contributed by atoms with Crippen molar-refractivity contribution in [1.82, 2.24) is 0 Å². The molecule has 1 atom stereocenters. The van der Waals surface area contributed by atoms with Crippen molar-refractivity contribution in [1.29, 1.82) is 0 Å². The van der Waals surface area contributed by atoms with Crippen LogP contribution >= 0.6 is 0 Å². The summed E-state index contributed by atoms with van der Waals surface area (Å²) in [7, 11) is 0. The average Bonchev–Trinajstić information content (AvgIpc) is 1.82. The number of carbonyl (C=O) groups is 1. The zero-order chi connectivity index (χ0) is 8.85. The molecule has 0 fully saturated rings. The Morgan fingerprint density at radius 2 is 1.91 bits per heavy atom. The minimum atomic E-state index is -0.842. The van der Waals surface area contributed by atoms with E-state index in [0.717, 1.165) is 0 Å². The molecule has 0 radical (unpaired) electrons. The molecule has 0 aromatic carbocycles. The van der Waals surface area contributed by atoms with E-state index >= 15 is 0 Å². The lowest BCUT2D eigenvalue weighted by Gasteiger charge is -2.03. The molecule has 11 heavy (non-hydrogen) atoms. The van der Waals surface area contributed by atoms with Crippen LogP contribution in [0.3, 0.4) is 0 Å². The maximum Gasteiger partial charge on any atom is 0.133 e. The van der Waals surface area contributed by atoms with Crippen LogP contribution in [0.2, 0.25) is 0 Å². The third kappa shape index (κ3) is 7.50. The van der Waals surface area contributed by atoms with Crippen LogP contribution in [0.5, 0.6) is 0 Å². The molecule has 0 aliphatic carbocycles. The number of alkyl halides is 1. The zero-order valence-electron chi connectivity index (χ0n) is 7.56. The molecule has 0 N–H and O–H groups in total. The second-order valence-corrected chi connectivity index (χ2v) is 3.46. The summed E-state index contributed by atoms with van der Waals surface area (Å²) in [6.45, 7) is 5.48. The van der Waals surface area contributed by atoms with Crippen molar-refractivity contribution in [2.45, 2.75) is 46.2 Å². The fourth-order valence-corrected chi connectivity index (χ4v) is 0.917. The maximum atomic E-state index is 12.2. The Kier molecular flexibility index (Phi) is 5.08. The molecule has 0 amide bonds. The van der Waals surface area contributed by atoms with Gasteiger partial charge in [0.25, 0.3) is 0 Å². The molecule has 0 saturated carbocycles. The molecule has 0 rings (SSSR count). The monoisotopic (exact) mass is 160 g/mol. The molecule has 1 nitrogen and oxygen atoms in total. The molecular formula is C9H17FO. The number of Topliss-reactive ketones (excluding diaryl/α,β-unsaturated/α-hetero) is 1. The molecule has 0 spiro atoms. The summed E-state index contributed by atoms with van der Waals surface area (Å²) < 4.78 is 12.2. The number of hydrogen-bond acceptors (Lipinski definition) is 1. The van der Waals surface area contributed by atoms with Gasteiger partial charge < -0.3 is 0 Å². The summed E-state index contributed by atoms with van der Waals surface area (Å²) >= 11 is 0. The highest BCUT2D eigenvalue weighted by Crippen LogP contribution is 2.07. The maximum absolute atomic E-state index is 12.2. The van der Waals surface area contributed by atoms with Crippen LogP contribution in [-0.2, 0) is 4.79 Å². The summed E-state index contributed by atoms with van der Waals surface area (Å²) in [5.74, 6) is 0.585. The fraction of sp³-hybridized carbons (Fsp3) is 0.889. The smallest absolute Gasteiger partial charge is 0.133 e. The SMILES string of the molecule is CC(C)CC(=O)CCC(C)F. The van der Waals surface area contributed by atoms with Gasteiger partial charge in [0.1, 0.15) is 5.78 Å². The number of ketones is 1. The first-order valence-electron chi connectivity index (χ1n) is 4.18. The molecule has 0 aromatic heterocycles. The van der Waals surface area contributed by atoms with Crippen molar-refractivity contribution in [2.24, 2.45) is 5.92 Å². The first-order chi connectivity index (χ1) is 5.02. The molecule has 2 heteroatoms. The Morgan fingerprint density at radius 3 is 2.27 bits per heavy atom. The van der Waals surface area contributed by atoms with E-state index in [-0.39, 0.29) is 5.78 Å². The fourth-order valence-electron chi connectivity index (χ4n) is 0.917. The van der Waals surface area contributed by atoms with Crippen LogP contribution in [0.1, 0.15) is 40.0 Å². The summed E-state index contributed by atoms with van der Waals surface area (Å²) in [6.07, 6.45) is 0.528. The van der Waals surface area contributed by atoms with Crippen LogP contribution in [0.25, 0.3) is 0 Å². The van der Waals surface area contributed by atoms with Crippen molar-refractivity contribution in [3.8, 4) is 0 Å². The van der Waals surface area contributed by atoms with Gasteiger partial charge in [0, 0.05) is 12.8 Å². The van der Waals surface area contributed by atoms with Gasteiger partial charge in [-0.05, 0) is 19.3 Å². The van der Waals surface area contributed by atoms with E-state index in [4.69, 9.17) is 0 Å². The van der Waals surface area contributed by atoms with E-state index in [9.17, 15) is 9.18 Å². The number of hydrogen-bond donors (Lipinski definition) is 0. The van der Waals surface area contributed by atoms with E-state index in [1.54, 1.807) is 0 Å². The van der Waals surface area contributed by atoms with E-state index in [0.29, 0.717) is 25.2 Å². The van der Waals surface area contributed by atoms with Gasteiger partial charge in [-0.2, -0.15) is 0 Å². The van der Waals surface area contributed by atoms with Crippen molar-refractivity contribution in [3.63, 3.8) is 0 Å². The van der Waals surface area contributed by atoms with Crippen molar-refractivity contribution in [2.75, 3.05) is 0 Å². The molecule has 0 heterocycles. The van der Waals surface area contributed by atoms with Crippen molar-refractivity contribution < 1.29 is 9.18 Å². The Hall–Kier alpha value is -0.400. The lowest BCUT2D eigenvalue weighted by Crippen LogP contribution is -2.05. The van der Waals surface area contributed by atoms with Crippen LogP contribution in [-0.4, -0.2) is 12.0 Å². The van der Waals surface area contributed by atoms with Gasteiger partial charge in [0.15, 0.2) is 0 Å². The van der Waals surface area contributed by atoms with Gasteiger partial charge >= 0.3 is 0 Å². The number of halogens is 1. The standard InChI is InChI=1S/C9H17FO/c1-7(2)6-9(11)5-4-8(3)10/h7-8H,4-6H2,1-3H3. The van der Waals surface area contributed by atoms with Crippen LogP contribution < -0.4 is 0 Å². The number of carbonyl (C=O) groups excluding carboxylic acids is 1. The molecule has 0 aliphatic heterocycles. The van der Waals surface area contributed by atoms with E-state index < -0.39 is 6.17 Å². The molecule has 0 aliphatic rings. The largest absolute Gasteiger partial charge is 0.300 e. The molecule has 0 bridgehead atoms. The minimum absolute atomic E-state index is 0.185. The van der Waals surface area contributed by atoms with E-state index in [1.807, 2.05) is 13.8 Å². The van der Waals surface area contributed by atoms with Crippen LogP contribution in [0, 0.1) is 5.92 Å². The first kappa shape index (κ1) is 10.6. The summed E-state index contributed by atoms with van der Waals surface area (Å²) in [6, 6.07) is 0. The lowest BCUT2D eigenvalue weighted by atomic mass is 10.0. The van der Waals surface area contributed by atoms with Gasteiger partial charge in [-0.3, -0.25) is 4.79 Å². The molecule has 1 unspecified atom stereocenters. The van der Waals surface area contributed by atoms with Gasteiger partial charge in [-0.25, -0.2) is 4.39 Å². The van der Waals surface area contributed by atoms with Gasteiger partial charge in [0.05, 0.1) is 6.17 Å². The van der Waals surface area contributed by atoms with Gasteiger partial charge in [-0.1, -0.05) is 13.8 Å². The molecule has 66 valence electrons. The van der Waals surface area contributed by atoms with Crippen molar-refractivity contribution in [3.05, 3.63) is 0 Å². The Balaban J connectivity index is 3.38. The highest BCUT2D eigenvalue weighted by atomic mass is 19.1. The van der Waals surface area contributed by atoms with E-state index in [2.05, 4.69) is 0 Å². The third-order valence-electron chi connectivity index (χ3n) is 1.46. The topological polar surface area (TPSA) is 17.1 Å². The predicted octanol–water partition coefficient (Wildman–Crippen LogP) is 2.74. The molecule has 0 aromatic rings. The van der Waals surface area contributed by atoms with Gasteiger partial charge in [-0.15, -0.1) is 0 Å². The normalized spacial score (nSPS) is 13.5. The van der Waals surface area contributed by atoms with Crippen LogP contribution in [0.15, 0.2) is 0 Å². The second kappa shape index (κ2) is 5.28. The first-order valence-corrected chi connectivity index (χ1v) is 4.18. The molecule has 0 saturated heterocycles. The predicted molar refractivity (Wildman–Crippen MR) is 44.3 cm³/mol. The summed E-state index contributed by atoms with van der Waals surface area (Å²) in [5.41, 5.74) is 0. The Bertz CT molecular complexity index is 119.